The van der Waals surface area contributed by atoms with Crippen LogP contribution < -0.4 is 13.8 Å². The van der Waals surface area contributed by atoms with E-state index in [1.165, 1.54) is 23.0 Å². The van der Waals surface area contributed by atoms with Gasteiger partial charge in [-0.2, -0.15) is 23.5 Å². The van der Waals surface area contributed by atoms with Crippen LogP contribution in [-0.2, 0) is 13.1 Å². The molecule has 6 nitrogen and oxygen atoms in total. The summed E-state index contributed by atoms with van der Waals surface area (Å²) >= 11 is 4.09. The van der Waals surface area contributed by atoms with E-state index < -0.39 is 10.2 Å². The zero-order valence-electron chi connectivity index (χ0n) is 13.9. The number of nitrogens with zero attached hydrogens (tertiary/aromatic N) is 2. The first-order valence-corrected chi connectivity index (χ1v) is 11.3. The predicted molar refractivity (Wildman–Crippen MR) is 94.6 cm³/mol. The van der Waals surface area contributed by atoms with E-state index in [-0.39, 0.29) is 0 Å². The first kappa shape index (κ1) is 22.2. The van der Waals surface area contributed by atoms with Crippen LogP contribution in [0.3, 0.4) is 0 Å². The number of pyridine rings is 2. The Kier molecular flexibility index (Phi) is 11.8. The third-order valence-corrected chi connectivity index (χ3v) is 5.10. The fourth-order valence-corrected chi connectivity index (χ4v) is 3.86. The normalized spacial score (nSPS) is 11.5. The van der Waals surface area contributed by atoms with Crippen LogP contribution in [0.15, 0.2) is 61.2 Å². The molecule has 9 heteroatoms. The zero-order valence-corrected chi connectivity index (χ0v) is 16.2. The summed E-state index contributed by atoms with van der Waals surface area (Å²) < 4.78 is 34.7. The fraction of sp³-hybridized carbons (Fsp3) is 0.375. The molecule has 0 radical (unpaired) electrons. The topological polar surface area (TPSA) is 91.5 Å². The van der Waals surface area contributed by atoms with Gasteiger partial charge >= 0.3 is 28.9 Å². The van der Waals surface area contributed by atoms with Crippen LogP contribution in [0, 0.1) is 10.2 Å². The monoisotopic (exact) mass is 408 g/mol. The third-order valence-electron chi connectivity index (χ3n) is 2.91. The van der Waals surface area contributed by atoms with Crippen molar-refractivity contribution in [2.24, 2.45) is 0 Å². The van der Waals surface area contributed by atoms with Crippen molar-refractivity contribution < 1.29 is 38.0 Å². The maximum atomic E-state index is 8.83. The molecule has 0 saturated heterocycles. The average Bonchev–Trinajstić information content (AvgIpc) is 2.58. The second kappa shape index (κ2) is 13.3. The molecule has 0 spiro atoms. The van der Waals surface area contributed by atoms with Crippen molar-refractivity contribution in [3.8, 4) is 0 Å². The standard InChI is InChI=1S/C16H22N2S2.ClH3O4/c1-3-7-17(8-4-1)11-13-19-15-16-20-14-12-18-9-5-2-6-10-18;2-1(3,4)5/h1-10H,11-16H2;2-4H/q+2;. The van der Waals surface area contributed by atoms with Crippen LogP contribution in [0.1, 0.15) is 0 Å². The molecule has 0 aliphatic heterocycles. The van der Waals surface area contributed by atoms with E-state index in [1.807, 2.05) is 23.5 Å². The summed E-state index contributed by atoms with van der Waals surface area (Å²) in [5.74, 6) is 4.89. The van der Waals surface area contributed by atoms with Crippen LogP contribution in [0.2, 0.25) is 0 Å². The van der Waals surface area contributed by atoms with Gasteiger partial charge in [0.15, 0.2) is 37.9 Å². The maximum absolute atomic E-state index is 8.83. The number of rotatable bonds is 9. The number of aryl methyl sites for hydroxylation is 2. The van der Waals surface area contributed by atoms with Crippen LogP contribution in [0.25, 0.3) is 0 Å². The summed E-state index contributed by atoms with van der Waals surface area (Å²) in [6.07, 6.45) is 8.53. The van der Waals surface area contributed by atoms with Crippen LogP contribution >= 0.6 is 23.5 Å². The quantitative estimate of drug-likeness (QED) is 0.385. The second-order valence-corrected chi connectivity index (χ2v) is 8.20. The first-order chi connectivity index (χ1) is 11.9. The Morgan fingerprint density at radius 2 is 0.960 bits per heavy atom. The molecule has 0 fully saturated rings. The van der Waals surface area contributed by atoms with Crippen molar-refractivity contribution in [3.05, 3.63) is 61.2 Å². The first-order valence-electron chi connectivity index (χ1n) is 7.65. The smallest absolute Gasteiger partial charge is 0.168 e. The van der Waals surface area contributed by atoms with Crippen LogP contribution in [0.4, 0.5) is 0 Å². The van der Waals surface area contributed by atoms with Gasteiger partial charge in [-0.1, -0.05) is 12.1 Å². The Balaban J connectivity index is 0.000000550. The molecule has 140 valence electrons. The average molecular weight is 409 g/mol. The summed E-state index contributed by atoms with van der Waals surface area (Å²) in [6.45, 7) is 2.21. The Bertz CT molecular complexity index is 508. The van der Waals surface area contributed by atoms with E-state index >= 15 is 0 Å². The molecule has 0 amide bonds. The molecule has 2 aromatic rings. The van der Waals surface area contributed by atoms with Gasteiger partial charge in [-0.25, -0.2) is 9.13 Å². The minimum atomic E-state index is -4.19. The van der Waals surface area contributed by atoms with Gasteiger partial charge in [0.25, 0.3) is 0 Å². The van der Waals surface area contributed by atoms with E-state index in [1.54, 1.807) is 0 Å². The van der Waals surface area contributed by atoms with Gasteiger partial charge in [-0.05, 0) is 0 Å². The Morgan fingerprint density at radius 3 is 1.28 bits per heavy atom. The van der Waals surface area contributed by atoms with Gasteiger partial charge in [0.2, 0.25) is 0 Å². The number of hydrogen-bond donors (Lipinski definition) is 3. The zero-order chi connectivity index (χ0) is 18.4. The Hall–Kier alpha value is -0.870. The van der Waals surface area contributed by atoms with Gasteiger partial charge in [0, 0.05) is 35.8 Å². The number of hydrogen-bond acceptors (Lipinski definition) is 6. The molecule has 0 aromatic carbocycles. The van der Waals surface area contributed by atoms with Crippen molar-refractivity contribution in [1.29, 1.82) is 0 Å². The van der Waals surface area contributed by atoms with Crippen molar-refractivity contribution in [3.63, 3.8) is 0 Å². The molecule has 0 bridgehead atoms. The minimum absolute atomic E-state index is 1.11. The van der Waals surface area contributed by atoms with Crippen molar-refractivity contribution >= 4 is 23.5 Å². The molecule has 2 heterocycles. The fourth-order valence-electron chi connectivity index (χ4n) is 1.83. The molecular formula is C16H25ClN2O4S2+2. The minimum Gasteiger partial charge on any atom is -0.204 e. The number of aromatic nitrogens is 2. The van der Waals surface area contributed by atoms with E-state index in [0.717, 1.165) is 13.1 Å². The molecule has 0 atom stereocenters. The molecule has 2 rings (SSSR count). The maximum Gasteiger partial charge on any atom is 0.168 e. The molecule has 0 aliphatic carbocycles. The SMILES string of the molecule is [O-][Cl+](O)(O)O.c1cc[n+](CCSCCSCC[n+]2ccccc2)cc1. The van der Waals surface area contributed by atoms with Gasteiger partial charge in [0.1, 0.15) is 0 Å². The molecule has 2 aromatic heterocycles. The molecule has 0 aliphatic rings. The Morgan fingerprint density at radius 1 is 0.640 bits per heavy atom. The van der Waals surface area contributed by atoms with Crippen LogP contribution in [-0.4, -0.2) is 37.0 Å². The molecule has 25 heavy (non-hydrogen) atoms. The third kappa shape index (κ3) is 15.1. The van der Waals surface area contributed by atoms with Gasteiger partial charge in [0.05, 0.1) is 11.5 Å². The summed E-state index contributed by atoms with van der Waals surface area (Å²) in [4.78, 5) is 0. The predicted octanol–water partition coefficient (Wildman–Crippen LogP) is -0.432. The second-order valence-electron chi connectivity index (χ2n) is 4.89. The molecule has 3 N–H and O–H groups in total. The van der Waals surface area contributed by atoms with E-state index in [9.17, 15) is 0 Å². The molecule has 0 unspecified atom stereocenters. The van der Waals surface area contributed by atoms with Gasteiger partial charge in [-0.15, -0.1) is 0 Å². The van der Waals surface area contributed by atoms with Crippen molar-refractivity contribution in [2.45, 2.75) is 13.1 Å². The molecule has 0 saturated carbocycles. The largest absolute Gasteiger partial charge is 0.204 e. The summed E-state index contributed by atoms with van der Waals surface area (Å²) in [7, 11) is -4.19. The number of thioether (sulfide) groups is 2. The Labute approximate surface area is 158 Å². The van der Waals surface area contributed by atoms with Crippen molar-refractivity contribution in [2.75, 3.05) is 23.0 Å². The molecular weight excluding hydrogens is 384 g/mol. The van der Waals surface area contributed by atoms with E-state index in [4.69, 9.17) is 18.6 Å². The van der Waals surface area contributed by atoms with Gasteiger partial charge in [-0.3, -0.25) is 0 Å². The van der Waals surface area contributed by atoms with E-state index in [2.05, 4.69) is 70.3 Å². The number of halogens is 1. The van der Waals surface area contributed by atoms with Crippen molar-refractivity contribution in [1.82, 2.24) is 0 Å². The van der Waals surface area contributed by atoms with Crippen LogP contribution in [0.5, 0.6) is 0 Å². The summed E-state index contributed by atoms with van der Waals surface area (Å²) in [5, 5.41) is 0. The summed E-state index contributed by atoms with van der Waals surface area (Å²) in [5.41, 5.74) is 0. The van der Waals surface area contributed by atoms with Gasteiger partial charge < -0.3 is 0 Å². The van der Waals surface area contributed by atoms with E-state index in [0.29, 0.717) is 0 Å². The summed E-state index contributed by atoms with van der Waals surface area (Å²) in [6, 6.07) is 12.5.